The van der Waals surface area contributed by atoms with Crippen LogP contribution in [-0.2, 0) is 4.79 Å². The Balaban J connectivity index is 0.00000288. The molecule has 1 unspecified atom stereocenters. The first kappa shape index (κ1) is 20.3. The number of likely N-dealkylation sites (tertiary alicyclic amines) is 1. The molecule has 6 nitrogen and oxygen atoms in total. The maximum absolute atomic E-state index is 12.7. The lowest BCUT2D eigenvalue weighted by Crippen LogP contribution is -2.51. The molecular formula is C17H26ClN3O3. The van der Waals surface area contributed by atoms with Crippen LogP contribution in [0, 0.1) is 5.92 Å². The van der Waals surface area contributed by atoms with E-state index >= 15 is 0 Å². The van der Waals surface area contributed by atoms with Gasteiger partial charge in [-0.25, -0.2) is 0 Å². The Kier molecular flexibility index (Phi) is 7.51. The highest BCUT2D eigenvalue weighted by Gasteiger charge is 2.32. The maximum atomic E-state index is 12.7. The molecule has 1 fully saturated rings. The van der Waals surface area contributed by atoms with Gasteiger partial charge in [-0.1, -0.05) is 26.0 Å². The molecule has 0 aliphatic carbocycles. The number of nitrogens with one attached hydrogen (secondary N) is 1. The number of carbonyl (C=O) groups is 2. The minimum atomic E-state index is -0.572. The van der Waals surface area contributed by atoms with Gasteiger partial charge in [-0.2, -0.15) is 0 Å². The number of amides is 2. The van der Waals surface area contributed by atoms with E-state index in [1.807, 2.05) is 13.8 Å². The SMILES string of the molecule is COc1ccccc1C(=O)NC(C(=O)N1CC[C@@H](N)C1)C(C)C.Cl. The average molecular weight is 356 g/mol. The van der Waals surface area contributed by atoms with E-state index in [1.54, 1.807) is 29.2 Å². The van der Waals surface area contributed by atoms with E-state index in [1.165, 1.54) is 7.11 Å². The molecule has 3 N–H and O–H groups in total. The molecule has 1 saturated heterocycles. The van der Waals surface area contributed by atoms with Crippen molar-refractivity contribution < 1.29 is 14.3 Å². The summed E-state index contributed by atoms with van der Waals surface area (Å²) in [6, 6.07) is 6.42. The van der Waals surface area contributed by atoms with Crippen LogP contribution in [0.2, 0.25) is 0 Å². The van der Waals surface area contributed by atoms with Crippen LogP contribution in [0.3, 0.4) is 0 Å². The fourth-order valence-electron chi connectivity index (χ4n) is 2.75. The van der Waals surface area contributed by atoms with Crippen molar-refractivity contribution in [3.05, 3.63) is 29.8 Å². The van der Waals surface area contributed by atoms with Crippen LogP contribution >= 0.6 is 12.4 Å². The number of nitrogens with zero attached hydrogens (tertiary/aromatic N) is 1. The highest BCUT2D eigenvalue weighted by atomic mass is 35.5. The van der Waals surface area contributed by atoms with Crippen molar-refractivity contribution in [3.63, 3.8) is 0 Å². The summed E-state index contributed by atoms with van der Waals surface area (Å²) in [7, 11) is 1.52. The van der Waals surface area contributed by atoms with Gasteiger partial charge >= 0.3 is 0 Å². The van der Waals surface area contributed by atoms with Gasteiger partial charge in [-0.3, -0.25) is 9.59 Å². The van der Waals surface area contributed by atoms with Crippen LogP contribution in [0.25, 0.3) is 0 Å². The molecule has 0 spiro atoms. The zero-order valence-corrected chi connectivity index (χ0v) is 15.1. The molecule has 1 aromatic carbocycles. The second-order valence-corrected chi connectivity index (χ2v) is 6.23. The molecule has 0 saturated carbocycles. The van der Waals surface area contributed by atoms with Crippen LogP contribution in [0.15, 0.2) is 24.3 Å². The lowest BCUT2D eigenvalue weighted by Gasteiger charge is -2.27. The Morgan fingerprint density at radius 1 is 1.33 bits per heavy atom. The number of ether oxygens (including phenoxy) is 1. The van der Waals surface area contributed by atoms with Gasteiger partial charge in [0.2, 0.25) is 5.91 Å². The molecule has 0 aromatic heterocycles. The fraction of sp³-hybridized carbons (Fsp3) is 0.529. The third-order valence-corrected chi connectivity index (χ3v) is 4.11. The Labute approximate surface area is 149 Å². The summed E-state index contributed by atoms with van der Waals surface area (Å²) < 4.78 is 5.21. The number of benzene rings is 1. The van der Waals surface area contributed by atoms with Gasteiger partial charge < -0.3 is 20.7 Å². The van der Waals surface area contributed by atoms with Crippen LogP contribution in [0.4, 0.5) is 0 Å². The monoisotopic (exact) mass is 355 g/mol. The second kappa shape index (κ2) is 8.89. The molecule has 2 rings (SSSR count). The van der Waals surface area contributed by atoms with E-state index < -0.39 is 6.04 Å². The van der Waals surface area contributed by atoms with Gasteiger partial charge in [0.1, 0.15) is 11.8 Å². The van der Waals surface area contributed by atoms with E-state index in [0.29, 0.717) is 24.4 Å². The first-order chi connectivity index (χ1) is 10.9. The minimum Gasteiger partial charge on any atom is -0.496 e. The molecule has 1 aliphatic rings. The van der Waals surface area contributed by atoms with Crippen molar-refractivity contribution in [2.45, 2.75) is 32.4 Å². The summed E-state index contributed by atoms with van der Waals surface area (Å²) in [4.78, 5) is 26.9. The summed E-state index contributed by atoms with van der Waals surface area (Å²) in [5, 5.41) is 2.85. The Morgan fingerprint density at radius 2 is 2.00 bits per heavy atom. The zero-order chi connectivity index (χ0) is 17.0. The summed E-state index contributed by atoms with van der Waals surface area (Å²) in [6.07, 6.45) is 0.803. The number of halogens is 1. The molecule has 2 amide bonds. The number of hydrogen-bond donors (Lipinski definition) is 2. The third-order valence-electron chi connectivity index (χ3n) is 4.11. The smallest absolute Gasteiger partial charge is 0.255 e. The molecule has 134 valence electrons. The van der Waals surface area contributed by atoms with Crippen molar-refractivity contribution in [1.29, 1.82) is 0 Å². The number of para-hydroxylation sites is 1. The lowest BCUT2D eigenvalue weighted by atomic mass is 10.0. The quantitative estimate of drug-likeness (QED) is 0.836. The first-order valence-electron chi connectivity index (χ1n) is 7.92. The molecule has 1 heterocycles. The van der Waals surface area contributed by atoms with E-state index in [9.17, 15) is 9.59 Å². The van der Waals surface area contributed by atoms with Crippen molar-refractivity contribution in [3.8, 4) is 5.75 Å². The highest BCUT2D eigenvalue weighted by Crippen LogP contribution is 2.18. The average Bonchev–Trinajstić information content (AvgIpc) is 2.97. The summed E-state index contributed by atoms with van der Waals surface area (Å²) in [6.45, 7) is 5.03. The molecule has 1 aliphatic heterocycles. The predicted octanol–water partition coefficient (Wildman–Crippen LogP) is 1.43. The van der Waals surface area contributed by atoms with E-state index in [2.05, 4.69) is 5.32 Å². The van der Waals surface area contributed by atoms with E-state index in [-0.39, 0.29) is 36.2 Å². The van der Waals surface area contributed by atoms with Crippen LogP contribution in [0.1, 0.15) is 30.6 Å². The fourth-order valence-corrected chi connectivity index (χ4v) is 2.75. The highest BCUT2D eigenvalue weighted by molar-refractivity contribution is 5.99. The largest absolute Gasteiger partial charge is 0.496 e. The normalized spacial score (nSPS) is 18.0. The molecule has 2 atom stereocenters. The van der Waals surface area contributed by atoms with Gasteiger partial charge in [0, 0.05) is 19.1 Å². The topological polar surface area (TPSA) is 84.7 Å². The van der Waals surface area contributed by atoms with Gasteiger partial charge in [0.15, 0.2) is 0 Å². The predicted molar refractivity (Wildman–Crippen MR) is 95.5 cm³/mol. The number of rotatable bonds is 5. The van der Waals surface area contributed by atoms with Crippen LogP contribution in [-0.4, -0.2) is 49.0 Å². The summed E-state index contributed by atoms with van der Waals surface area (Å²) >= 11 is 0. The number of hydrogen-bond acceptors (Lipinski definition) is 4. The Hall–Kier alpha value is -1.79. The lowest BCUT2D eigenvalue weighted by molar-refractivity contribution is -0.133. The van der Waals surface area contributed by atoms with Gasteiger partial charge in [0.25, 0.3) is 5.91 Å². The molecular weight excluding hydrogens is 330 g/mol. The molecule has 1 aromatic rings. The van der Waals surface area contributed by atoms with Crippen LogP contribution in [0.5, 0.6) is 5.75 Å². The minimum absolute atomic E-state index is 0. The van der Waals surface area contributed by atoms with Gasteiger partial charge in [0.05, 0.1) is 12.7 Å². The molecule has 0 radical (unpaired) electrons. The maximum Gasteiger partial charge on any atom is 0.255 e. The summed E-state index contributed by atoms with van der Waals surface area (Å²) in [5.74, 6) is 0.0929. The standard InChI is InChI=1S/C17H25N3O3.ClH/c1-11(2)15(17(22)20-9-8-12(18)10-20)19-16(21)13-6-4-5-7-14(13)23-3;/h4-7,11-12,15H,8-10,18H2,1-3H3,(H,19,21);1H/t12-,15?;/m1./s1. The number of carbonyl (C=O) groups excluding carboxylic acids is 2. The third kappa shape index (κ3) is 4.61. The van der Waals surface area contributed by atoms with Crippen molar-refractivity contribution in [1.82, 2.24) is 10.2 Å². The zero-order valence-electron chi connectivity index (χ0n) is 14.3. The van der Waals surface area contributed by atoms with Crippen LogP contribution < -0.4 is 15.8 Å². The summed E-state index contributed by atoms with van der Waals surface area (Å²) in [5.41, 5.74) is 6.29. The first-order valence-corrected chi connectivity index (χ1v) is 7.92. The van der Waals surface area contributed by atoms with Crippen molar-refractivity contribution >= 4 is 24.2 Å². The van der Waals surface area contributed by atoms with E-state index in [0.717, 1.165) is 6.42 Å². The second-order valence-electron chi connectivity index (χ2n) is 6.23. The van der Waals surface area contributed by atoms with Crippen molar-refractivity contribution in [2.24, 2.45) is 11.7 Å². The molecule has 24 heavy (non-hydrogen) atoms. The van der Waals surface area contributed by atoms with Gasteiger partial charge in [-0.15, -0.1) is 12.4 Å². The van der Waals surface area contributed by atoms with Crippen molar-refractivity contribution in [2.75, 3.05) is 20.2 Å². The van der Waals surface area contributed by atoms with E-state index in [4.69, 9.17) is 10.5 Å². The molecule has 7 heteroatoms. The number of methoxy groups -OCH3 is 1. The van der Waals surface area contributed by atoms with Gasteiger partial charge in [-0.05, 0) is 24.5 Å². The Bertz CT molecular complexity index is 580. The Morgan fingerprint density at radius 3 is 2.54 bits per heavy atom. The number of nitrogens with two attached hydrogens (primary N) is 1. The molecule has 0 bridgehead atoms.